The van der Waals surface area contributed by atoms with Gasteiger partial charge in [0.25, 0.3) is 0 Å². The molecular formula is C21H27BrN2O. The van der Waals surface area contributed by atoms with Crippen LogP contribution in [-0.2, 0) is 11.2 Å². The minimum atomic E-state index is -0.142. The maximum absolute atomic E-state index is 13.3. The van der Waals surface area contributed by atoms with Crippen LogP contribution in [0.5, 0.6) is 0 Å². The second kappa shape index (κ2) is 5.48. The third-order valence-corrected chi connectivity index (χ3v) is 8.12. The lowest BCUT2D eigenvalue weighted by atomic mass is 9.49. The summed E-state index contributed by atoms with van der Waals surface area (Å²) in [4.78, 5) is 15.7. The summed E-state index contributed by atoms with van der Waals surface area (Å²) in [6.45, 7) is 4.33. The molecule has 4 heteroatoms. The molecule has 4 aliphatic carbocycles. The second-order valence-electron chi connectivity index (χ2n) is 9.02. The maximum atomic E-state index is 13.3. The SMILES string of the molecule is CCN1CCc2ccc(NC(=O)C34CC5CC(CC(Br)(C5)C3)C4)cc21. The van der Waals surface area contributed by atoms with Crippen LogP contribution < -0.4 is 10.2 Å². The van der Waals surface area contributed by atoms with Gasteiger partial charge in [-0.3, -0.25) is 4.79 Å². The van der Waals surface area contributed by atoms with E-state index in [4.69, 9.17) is 0 Å². The molecule has 1 amide bonds. The number of alkyl halides is 1. The van der Waals surface area contributed by atoms with Gasteiger partial charge in [-0.15, -0.1) is 0 Å². The molecule has 4 bridgehead atoms. The molecule has 0 radical (unpaired) electrons. The first-order valence-electron chi connectivity index (χ1n) is 9.87. The number of anilines is 2. The number of hydrogen-bond donors (Lipinski definition) is 1. The van der Waals surface area contributed by atoms with E-state index in [1.54, 1.807) is 0 Å². The summed E-state index contributed by atoms with van der Waals surface area (Å²) < 4.78 is 0.228. The van der Waals surface area contributed by atoms with Crippen molar-refractivity contribution < 1.29 is 4.79 Å². The fraction of sp³-hybridized carbons (Fsp3) is 0.667. The summed E-state index contributed by atoms with van der Waals surface area (Å²) in [7, 11) is 0. The highest BCUT2D eigenvalue weighted by atomic mass is 79.9. The summed E-state index contributed by atoms with van der Waals surface area (Å²) in [5.41, 5.74) is 3.55. The van der Waals surface area contributed by atoms with Gasteiger partial charge < -0.3 is 10.2 Å². The van der Waals surface area contributed by atoms with Crippen molar-refractivity contribution in [2.45, 2.75) is 56.2 Å². The van der Waals surface area contributed by atoms with Gasteiger partial charge in [0.1, 0.15) is 0 Å². The van der Waals surface area contributed by atoms with Crippen LogP contribution in [0, 0.1) is 17.3 Å². The van der Waals surface area contributed by atoms with E-state index < -0.39 is 0 Å². The molecule has 6 rings (SSSR count). The first kappa shape index (κ1) is 16.2. The van der Waals surface area contributed by atoms with Gasteiger partial charge in [0.2, 0.25) is 5.91 Å². The molecule has 1 aromatic carbocycles. The van der Waals surface area contributed by atoms with Crippen LogP contribution in [-0.4, -0.2) is 23.3 Å². The Balaban J connectivity index is 1.39. The number of amides is 1. The number of carbonyl (C=O) groups is 1. The molecular weight excluding hydrogens is 376 g/mol. The van der Waals surface area contributed by atoms with Crippen molar-refractivity contribution in [2.24, 2.45) is 17.3 Å². The fourth-order valence-corrected chi connectivity index (χ4v) is 7.98. The Hall–Kier alpha value is -1.03. The molecule has 5 aliphatic rings. The molecule has 4 saturated carbocycles. The van der Waals surface area contributed by atoms with Crippen molar-refractivity contribution in [2.75, 3.05) is 23.3 Å². The Morgan fingerprint density at radius 2 is 2.04 bits per heavy atom. The average Bonchev–Trinajstić information content (AvgIpc) is 2.94. The lowest BCUT2D eigenvalue weighted by molar-refractivity contribution is -0.138. The summed E-state index contributed by atoms with van der Waals surface area (Å²) in [6, 6.07) is 6.49. The van der Waals surface area contributed by atoms with E-state index in [0.29, 0.717) is 0 Å². The quantitative estimate of drug-likeness (QED) is 0.740. The van der Waals surface area contributed by atoms with E-state index >= 15 is 0 Å². The molecule has 134 valence electrons. The van der Waals surface area contributed by atoms with E-state index in [0.717, 1.165) is 56.3 Å². The molecule has 25 heavy (non-hydrogen) atoms. The van der Waals surface area contributed by atoms with Gasteiger partial charge in [-0.05, 0) is 81.4 Å². The van der Waals surface area contributed by atoms with Crippen LogP contribution in [0.1, 0.15) is 51.0 Å². The van der Waals surface area contributed by atoms with Crippen LogP contribution in [0.25, 0.3) is 0 Å². The Bertz CT molecular complexity index is 717. The molecule has 4 fully saturated rings. The highest BCUT2D eigenvalue weighted by molar-refractivity contribution is 9.10. The molecule has 1 aliphatic heterocycles. The molecule has 3 nitrogen and oxygen atoms in total. The minimum absolute atomic E-state index is 0.142. The number of rotatable bonds is 3. The van der Waals surface area contributed by atoms with Crippen molar-refractivity contribution in [3.63, 3.8) is 0 Å². The van der Waals surface area contributed by atoms with Crippen molar-refractivity contribution >= 4 is 33.2 Å². The van der Waals surface area contributed by atoms with Gasteiger partial charge in [-0.1, -0.05) is 22.0 Å². The third kappa shape index (κ3) is 2.55. The van der Waals surface area contributed by atoms with Crippen molar-refractivity contribution in [1.29, 1.82) is 0 Å². The number of fused-ring (bicyclic) bond motifs is 1. The summed E-state index contributed by atoms with van der Waals surface area (Å²) in [5, 5.41) is 3.30. The molecule has 0 saturated heterocycles. The lowest BCUT2D eigenvalue weighted by Crippen LogP contribution is -2.57. The van der Waals surface area contributed by atoms with Gasteiger partial charge >= 0.3 is 0 Å². The van der Waals surface area contributed by atoms with E-state index in [-0.39, 0.29) is 15.6 Å². The third-order valence-electron chi connectivity index (χ3n) is 7.19. The number of nitrogens with zero attached hydrogens (tertiary/aromatic N) is 1. The van der Waals surface area contributed by atoms with Gasteiger partial charge in [0.15, 0.2) is 0 Å². The maximum Gasteiger partial charge on any atom is 0.230 e. The highest BCUT2D eigenvalue weighted by Crippen LogP contribution is 2.64. The van der Waals surface area contributed by atoms with Crippen LogP contribution in [0.15, 0.2) is 18.2 Å². The van der Waals surface area contributed by atoms with Gasteiger partial charge in [0, 0.05) is 28.8 Å². The van der Waals surface area contributed by atoms with Crippen molar-refractivity contribution in [3.8, 4) is 0 Å². The van der Waals surface area contributed by atoms with E-state index in [1.807, 2.05) is 0 Å². The number of likely N-dealkylation sites (N-methyl/N-ethyl adjacent to an activating group) is 1. The largest absolute Gasteiger partial charge is 0.371 e. The Labute approximate surface area is 158 Å². The van der Waals surface area contributed by atoms with Crippen LogP contribution >= 0.6 is 15.9 Å². The van der Waals surface area contributed by atoms with Crippen molar-refractivity contribution in [3.05, 3.63) is 23.8 Å². The number of benzene rings is 1. The number of carbonyl (C=O) groups excluding carboxylic acids is 1. The Morgan fingerprint density at radius 3 is 2.72 bits per heavy atom. The van der Waals surface area contributed by atoms with Crippen LogP contribution in [0.2, 0.25) is 0 Å². The summed E-state index contributed by atoms with van der Waals surface area (Å²) >= 11 is 4.02. The van der Waals surface area contributed by atoms with Crippen LogP contribution in [0.4, 0.5) is 11.4 Å². The van der Waals surface area contributed by atoms with E-state index in [9.17, 15) is 4.79 Å². The smallest absolute Gasteiger partial charge is 0.230 e. The van der Waals surface area contributed by atoms with Crippen LogP contribution in [0.3, 0.4) is 0 Å². The van der Waals surface area contributed by atoms with Gasteiger partial charge in [-0.25, -0.2) is 0 Å². The van der Waals surface area contributed by atoms with Gasteiger partial charge in [-0.2, -0.15) is 0 Å². The number of halogens is 1. The molecule has 0 aromatic heterocycles. The van der Waals surface area contributed by atoms with Crippen molar-refractivity contribution in [1.82, 2.24) is 0 Å². The summed E-state index contributed by atoms with van der Waals surface area (Å²) in [5.74, 6) is 1.75. The molecule has 1 aromatic rings. The predicted octanol–water partition coefficient (Wildman–Crippen LogP) is 4.74. The number of nitrogens with one attached hydrogen (secondary N) is 1. The Kier molecular flexibility index (Phi) is 3.55. The molecule has 2 atom stereocenters. The normalized spacial score (nSPS) is 38.1. The molecule has 1 heterocycles. The zero-order valence-corrected chi connectivity index (χ0v) is 16.6. The average molecular weight is 403 g/mol. The fourth-order valence-electron chi connectivity index (χ4n) is 6.53. The van der Waals surface area contributed by atoms with E-state index in [1.165, 1.54) is 30.5 Å². The highest BCUT2D eigenvalue weighted by Gasteiger charge is 2.59. The second-order valence-corrected chi connectivity index (χ2v) is 10.7. The first-order chi connectivity index (χ1) is 12.0. The predicted molar refractivity (Wildman–Crippen MR) is 105 cm³/mol. The molecule has 0 spiro atoms. The first-order valence-corrected chi connectivity index (χ1v) is 10.7. The van der Waals surface area contributed by atoms with E-state index in [2.05, 4.69) is 51.3 Å². The topological polar surface area (TPSA) is 32.3 Å². The van der Waals surface area contributed by atoms with Gasteiger partial charge in [0.05, 0.1) is 5.41 Å². The Morgan fingerprint density at radius 1 is 1.28 bits per heavy atom. The lowest BCUT2D eigenvalue weighted by Gasteiger charge is -2.59. The minimum Gasteiger partial charge on any atom is -0.371 e. The standard InChI is InChI=1S/C21H27BrN2O/c1-2-24-6-5-16-3-4-17(8-18(16)24)23-19(25)20-9-14-7-15(10-20)12-21(22,11-14)13-20/h3-4,8,14-15H,2,5-7,9-13H2,1H3,(H,23,25). The molecule has 1 N–H and O–H groups in total. The number of hydrogen-bond acceptors (Lipinski definition) is 2. The molecule has 2 unspecified atom stereocenters. The summed E-state index contributed by atoms with van der Waals surface area (Å²) in [6.07, 6.45) is 8.20. The monoisotopic (exact) mass is 402 g/mol. The zero-order chi connectivity index (χ0) is 17.2. The zero-order valence-electron chi connectivity index (χ0n) is 15.0.